The summed E-state index contributed by atoms with van der Waals surface area (Å²) in [6.07, 6.45) is 0.805. The number of ether oxygens (including phenoxy) is 1. The first-order valence-electron chi connectivity index (χ1n) is 10.4. The second-order valence-corrected chi connectivity index (χ2v) is 7.15. The van der Waals surface area contributed by atoms with Crippen molar-refractivity contribution in [2.45, 2.75) is 13.0 Å². The molecule has 3 N–H and O–H groups in total. The molecule has 2 aromatic rings. The van der Waals surface area contributed by atoms with E-state index >= 15 is 0 Å². The third kappa shape index (κ3) is 6.22. The molecule has 2 aromatic carbocycles. The maximum Gasteiger partial charge on any atom is 0.251 e. The van der Waals surface area contributed by atoms with E-state index in [0.717, 1.165) is 50.8 Å². The number of nitrogens with zero attached hydrogens (tertiary/aromatic N) is 2. The van der Waals surface area contributed by atoms with Crippen LogP contribution in [-0.4, -0.2) is 58.8 Å². The van der Waals surface area contributed by atoms with Crippen molar-refractivity contribution in [3.05, 3.63) is 65.2 Å². The molecule has 0 bridgehead atoms. The van der Waals surface area contributed by atoms with Crippen LogP contribution in [0.3, 0.4) is 0 Å². The Morgan fingerprint density at radius 2 is 1.83 bits per heavy atom. The van der Waals surface area contributed by atoms with Gasteiger partial charge in [0.2, 0.25) is 0 Å². The van der Waals surface area contributed by atoms with Crippen LogP contribution in [-0.2, 0) is 17.7 Å². The summed E-state index contributed by atoms with van der Waals surface area (Å²) in [4.78, 5) is 18.4. The first-order chi connectivity index (χ1) is 14.7. The number of benzene rings is 2. The summed E-state index contributed by atoms with van der Waals surface area (Å²) in [5, 5.41) is 9.34. The zero-order valence-electron chi connectivity index (χ0n) is 17.8. The molecule has 160 valence electrons. The van der Waals surface area contributed by atoms with E-state index in [-0.39, 0.29) is 5.91 Å². The molecular formula is C23H31N5O2. The maximum atomic E-state index is 11.8. The predicted molar refractivity (Wildman–Crippen MR) is 121 cm³/mol. The highest BCUT2D eigenvalue weighted by atomic mass is 16.5. The van der Waals surface area contributed by atoms with Gasteiger partial charge < -0.3 is 25.6 Å². The van der Waals surface area contributed by atoms with Gasteiger partial charge in [0.25, 0.3) is 5.91 Å². The van der Waals surface area contributed by atoms with Crippen LogP contribution in [0.1, 0.15) is 21.5 Å². The van der Waals surface area contributed by atoms with Crippen LogP contribution in [0.4, 0.5) is 5.69 Å². The number of morpholine rings is 1. The Balaban J connectivity index is 1.44. The van der Waals surface area contributed by atoms with Crippen molar-refractivity contribution >= 4 is 17.6 Å². The maximum absolute atomic E-state index is 11.8. The quantitative estimate of drug-likeness (QED) is 0.480. The number of rotatable bonds is 7. The van der Waals surface area contributed by atoms with Crippen molar-refractivity contribution in [1.82, 2.24) is 16.0 Å². The zero-order chi connectivity index (χ0) is 21.2. The van der Waals surface area contributed by atoms with Gasteiger partial charge in [-0.2, -0.15) is 0 Å². The summed E-state index contributed by atoms with van der Waals surface area (Å²) in [6.45, 7) is 4.91. The molecule has 1 fully saturated rings. The van der Waals surface area contributed by atoms with E-state index in [2.05, 4.69) is 50.1 Å². The second-order valence-electron chi connectivity index (χ2n) is 7.15. The van der Waals surface area contributed by atoms with Gasteiger partial charge in [-0.05, 0) is 41.8 Å². The summed E-state index contributed by atoms with van der Waals surface area (Å²) >= 11 is 0. The fraction of sp³-hybridized carbons (Fsp3) is 0.391. The Labute approximate surface area is 178 Å². The second kappa shape index (κ2) is 11.2. The third-order valence-corrected chi connectivity index (χ3v) is 5.12. The van der Waals surface area contributed by atoms with Crippen LogP contribution < -0.4 is 20.9 Å². The van der Waals surface area contributed by atoms with Crippen LogP contribution in [0.2, 0.25) is 0 Å². The molecule has 1 amide bonds. The van der Waals surface area contributed by atoms with Gasteiger partial charge in [0.15, 0.2) is 5.96 Å². The zero-order valence-corrected chi connectivity index (χ0v) is 17.8. The minimum absolute atomic E-state index is 0.0677. The van der Waals surface area contributed by atoms with Gasteiger partial charge in [-0.25, -0.2) is 0 Å². The van der Waals surface area contributed by atoms with Crippen molar-refractivity contribution in [3.63, 3.8) is 0 Å². The standard InChI is InChI=1S/C23H31N5O2/c1-24-22(29)20-5-3-4-18(16-20)10-11-26-23(25-2)27-17-19-6-8-21(9-7-19)28-12-14-30-15-13-28/h3-9,16H,10-15,17H2,1-2H3,(H,24,29)(H2,25,26,27). The van der Waals surface area contributed by atoms with Crippen LogP contribution in [0, 0.1) is 0 Å². The summed E-state index contributed by atoms with van der Waals surface area (Å²) in [6, 6.07) is 16.3. The highest BCUT2D eigenvalue weighted by Crippen LogP contribution is 2.16. The van der Waals surface area contributed by atoms with Crippen LogP contribution in [0.5, 0.6) is 0 Å². The third-order valence-electron chi connectivity index (χ3n) is 5.12. The normalized spacial score (nSPS) is 14.3. The Morgan fingerprint density at radius 1 is 1.07 bits per heavy atom. The Kier molecular flexibility index (Phi) is 8.09. The summed E-state index contributed by atoms with van der Waals surface area (Å²) in [5.74, 6) is 0.691. The fourth-order valence-electron chi connectivity index (χ4n) is 3.39. The van der Waals surface area contributed by atoms with Crippen molar-refractivity contribution in [2.75, 3.05) is 51.8 Å². The van der Waals surface area contributed by atoms with E-state index in [1.54, 1.807) is 14.1 Å². The molecule has 0 spiro atoms. The molecular weight excluding hydrogens is 378 g/mol. The number of hydrogen-bond donors (Lipinski definition) is 3. The number of amides is 1. The van der Waals surface area contributed by atoms with Crippen LogP contribution in [0.25, 0.3) is 0 Å². The Hall–Kier alpha value is -3.06. The van der Waals surface area contributed by atoms with E-state index in [4.69, 9.17) is 4.74 Å². The van der Waals surface area contributed by atoms with Gasteiger partial charge in [-0.1, -0.05) is 24.3 Å². The molecule has 3 rings (SSSR count). The predicted octanol–water partition coefficient (Wildman–Crippen LogP) is 1.79. The Morgan fingerprint density at radius 3 is 2.53 bits per heavy atom. The van der Waals surface area contributed by atoms with Crippen LogP contribution in [0.15, 0.2) is 53.5 Å². The first kappa shape index (κ1) is 21.6. The smallest absolute Gasteiger partial charge is 0.251 e. The molecule has 7 nitrogen and oxygen atoms in total. The van der Waals surface area contributed by atoms with Crippen molar-refractivity contribution in [1.29, 1.82) is 0 Å². The minimum Gasteiger partial charge on any atom is -0.378 e. The topological polar surface area (TPSA) is 78.0 Å². The summed E-state index contributed by atoms with van der Waals surface area (Å²) in [5.41, 5.74) is 4.23. The number of aliphatic imine (C=N–C) groups is 1. The molecule has 0 aromatic heterocycles. The number of nitrogens with one attached hydrogen (secondary N) is 3. The molecule has 0 atom stereocenters. The lowest BCUT2D eigenvalue weighted by atomic mass is 10.1. The number of carbonyl (C=O) groups excluding carboxylic acids is 1. The van der Waals surface area contributed by atoms with E-state index < -0.39 is 0 Å². The largest absolute Gasteiger partial charge is 0.378 e. The van der Waals surface area contributed by atoms with E-state index in [9.17, 15) is 4.79 Å². The summed E-state index contributed by atoms with van der Waals surface area (Å²) in [7, 11) is 3.41. The Bertz CT molecular complexity index is 845. The molecule has 0 unspecified atom stereocenters. The molecule has 0 radical (unpaired) electrons. The molecule has 1 aliphatic rings. The van der Waals surface area contributed by atoms with Gasteiger partial charge in [0.05, 0.1) is 13.2 Å². The fourth-order valence-corrected chi connectivity index (χ4v) is 3.39. The minimum atomic E-state index is -0.0677. The molecule has 1 saturated heterocycles. The molecule has 30 heavy (non-hydrogen) atoms. The lowest BCUT2D eigenvalue weighted by Crippen LogP contribution is -2.38. The van der Waals surface area contributed by atoms with E-state index in [0.29, 0.717) is 12.1 Å². The molecule has 0 aliphatic carbocycles. The van der Waals surface area contributed by atoms with Gasteiger partial charge >= 0.3 is 0 Å². The SMILES string of the molecule is CN=C(NCCc1cccc(C(=O)NC)c1)NCc1ccc(N2CCOCC2)cc1. The lowest BCUT2D eigenvalue weighted by molar-refractivity contribution is 0.0963. The number of hydrogen-bond acceptors (Lipinski definition) is 4. The number of guanidine groups is 1. The highest BCUT2D eigenvalue weighted by Gasteiger charge is 2.10. The van der Waals surface area contributed by atoms with Gasteiger partial charge in [-0.15, -0.1) is 0 Å². The molecule has 1 aliphatic heterocycles. The van der Waals surface area contributed by atoms with Gasteiger partial charge in [0, 0.05) is 51.5 Å². The van der Waals surface area contributed by atoms with E-state index in [1.807, 2.05) is 24.3 Å². The average molecular weight is 410 g/mol. The molecule has 7 heteroatoms. The van der Waals surface area contributed by atoms with Crippen LogP contribution >= 0.6 is 0 Å². The molecule has 0 saturated carbocycles. The van der Waals surface area contributed by atoms with Crippen molar-refractivity contribution in [2.24, 2.45) is 4.99 Å². The number of anilines is 1. The van der Waals surface area contributed by atoms with Gasteiger partial charge in [0.1, 0.15) is 0 Å². The van der Waals surface area contributed by atoms with Gasteiger partial charge in [-0.3, -0.25) is 9.79 Å². The first-order valence-corrected chi connectivity index (χ1v) is 10.4. The highest BCUT2D eigenvalue weighted by molar-refractivity contribution is 5.94. The average Bonchev–Trinajstić information content (AvgIpc) is 2.82. The summed E-state index contributed by atoms with van der Waals surface area (Å²) < 4.78 is 5.41. The molecule has 1 heterocycles. The number of carbonyl (C=O) groups is 1. The van der Waals surface area contributed by atoms with Crippen molar-refractivity contribution < 1.29 is 9.53 Å². The van der Waals surface area contributed by atoms with Crippen molar-refractivity contribution in [3.8, 4) is 0 Å². The van der Waals surface area contributed by atoms with E-state index in [1.165, 1.54) is 11.3 Å². The lowest BCUT2D eigenvalue weighted by Gasteiger charge is -2.28. The monoisotopic (exact) mass is 409 g/mol.